The van der Waals surface area contributed by atoms with Gasteiger partial charge in [0.2, 0.25) is 0 Å². The van der Waals surface area contributed by atoms with Gasteiger partial charge < -0.3 is 10.3 Å². The van der Waals surface area contributed by atoms with Gasteiger partial charge in [0.05, 0.1) is 33.5 Å². The van der Waals surface area contributed by atoms with Crippen LogP contribution in [0.5, 0.6) is 0 Å². The van der Waals surface area contributed by atoms with E-state index in [1.807, 2.05) is 0 Å². The normalized spacial score (nSPS) is 10.6. The molecular formula is C15H12N4O3. The Balaban J connectivity index is 1.91. The van der Waals surface area contributed by atoms with Crippen molar-refractivity contribution < 1.29 is 9.72 Å². The molecule has 0 aliphatic rings. The molecule has 1 amide bonds. The van der Waals surface area contributed by atoms with Crippen molar-refractivity contribution in [2.24, 2.45) is 0 Å². The van der Waals surface area contributed by atoms with E-state index >= 15 is 0 Å². The van der Waals surface area contributed by atoms with Crippen molar-refractivity contribution >= 4 is 28.3 Å². The predicted molar refractivity (Wildman–Crippen MR) is 81.9 cm³/mol. The van der Waals surface area contributed by atoms with E-state index in [2.05, 4.69) is 15.3 Å². The summed E-state index contributed by atoms with van der Waals surface area (Å²) in [5.41, 5.74) is 2.78. The molecule has 2 N–H and O–H groups in total. The van der Waals surface area contributed by atoms with Crippen LogP contribution in [0.25, 0.3) is 11.0 Å². The van der Waals surface area contributed by atoms with E-state index in [0.717, 1.165) is 11.0 Å². The number of benzene rings is 2. The maximum Gasteiger partial charge on any atom is 0.274 e. The highest BCUT2D eigenvalue weighted by molar-refractivity contribution is 6.06. The number of aromatic nitrogens is 2. The minimum atomic E-state index is -0.471. The van der Waals surface area contributed by atoms with Crippen molar-refractivity contribution in [1.82, 2.24) is 9.97 Å². The van der Waals surface area contributed by atoms with Crippen molar-refractivity contribution in [2.75, 3.05) is 5.32 Å². The first-order valence-electron chi connectivity index (χ1n) is 6.55. The van der Waals surface area contributed by atoms with Crippen LogP contribution in [0, 0.1) is 17.0 Å². The second-order valence-corrected chi connectivity index (χ2v) is 4.80. The number of nitro groups is 1. The molecule has 2 aromatic carbocycles. The molecule has 1 heterocycles. The van der Waals surface area contributed by atoms with Crippen LogP contribution in [-0.4, -0.2) is 20.8 Å². The van der Waals surface area contributed by atoms with Crippen LogP contribution in [0.2, 0.25) is 0 Å². The smallest absolute Gasteiger partial charge is 0.274 e. The highest BCUT2D eigenvalue weighted by Gasteiger charge is 2.15. The van der Waals surface area contributed by atoms with E-state index < -0.39 is 4.92 Å². The van der Waals surface area contributed by atoms with E-state index in [0.29, 0.717) is 16.8 Å². The average molecular weight is 296 g/mol. The van der Waals surface area contributed by atoms with Crippen LogP contribution in [0.15, 0.2) is 42.7 Å². The first-order valence-corrected chi connectivity index (χ1v) is 6.55. The van der Waals surface area contributed by atoms with E-state index in [9.17, 15) is 14.9 Å². The van der Waals surface area contributed by atoms with Crippen molar-refractivity contribution in [3.63, 3.8) is 0 Å². The van der Waals surface area contributed by atoms with Crippen molar-refractivity contribution in [1.29, 1.82) is 0 Å². The highest BCUT2D eigenvalue weighted by Crippen LogP contribution is 2.25. The number of hydrogen-bond acceptors (Lipinski definition) is 4. The second-order valence-electron chi connectivity index (χ2n) is 4.80. The number of amides is 1. The van der Waals surface area contributed by atoms with Crippen LogP contribution >= 0.6 is 0 Å². The molecule has 7 heteroatoms. The summed E-state index contributed by atoms with van der Waals surface area (Å²) in [6, 6.07) is 9.66. The predicted octanol–water partition coefficient (Wildman–Crippen LogP) is 3.03. The summed E-state index contributed by atoms with van der Waals surface area (Å²) in [6.07, 6.45) is 1.55. The number of rotatable bonds is 3. The van der Waals surface area contributed by atoms with Gasteiger partial charge in [-0.2, -0.15) is 0 Å². The van der Waals surface area contributed by atoms with Crippen LogP contribution in [0.3, 0.4) is 0 Å². The molecule has 0 fully saturated rings. The number of carbonyl (C=O) groups is 1. The van der Waals surface area contributed by atoms with Gasteiger partial charge in [-0.1, -0.05) is 6.07 Å². The number of anilines is 1. The summed E-state index contributed by atoms with van der Waals surface area (Å²) in [5, 5.41) is 13.6. The minimum absolute atomic E-state index is 0.0261. The summed E-state index contributed by atoms with van der Waals surface area (Å²) in [6.45, 7) is 1.60. The molecular weight excluding hydrogens is 284 g/mol. The summed E-state index contributed by atoms with van der Waals surface area (Å²) in [4.78, 5) is 29.8. The molecule has 3 rings (SSSR count). The van der Waals surface area contributed by atoms with Gasteiger partial charge in [-0.3, -0.25) is 14.9 Å². The lowest BCUT2D eigenvalue weighted by molar-refractivity contribution is -0.385. The molecule has 0 aliphatic heterocycles. The van der Waals surface area contributed by atoms with Crippen LogP contribution in [0.1, 0.15) is 15.9 Å². The van der Waals surface area contributed by atoms with Crippen LogP contribution in [0.4, 0.5) is 11.4 Å². The summed E-state index contributed by atoms with van der Waals surface area (Å²) < 4.78 is 0. The Morgan fingerprint density at radius 3 is 2.91 bits per heavy atom. The summed E-state index contributed by atoms with van der Waals surface area (Å²) in [5.74, 6) is -0.333. The topological polar surface area (TPSA) is 101 Å². The van der Waals surface area contributed by atoms with Gasteiger partial charge in [-0.05, 0) is 31.2 Å². The zero-order valence-corrected chi connectivity index (χ0v) is 11.7. The maximum absolute atomic E-state index is 12.3. The Labute approximate surface area is 125 Å². The Hall–Kier alpha value is -3.22. The lowest BCUT2D eigenvalue weighted by Gasteiger charge is -2.08. The van der Waals surface area contributed by atoms with Gasteiger partial charge in [0.15, 0.2) is 0 Å². The fourth-order valence-electron chi connectivity index (χ4n) is 2.23. The van der Waals surface area contributed by atoms with E-state index in [-0.39, 0.29) is 11.6 Å². The number of nitrogens with one attached hydrogen (secondary N) is 2. The van der Waals surface area contributed by atoms with Crippen molar-refractivity contribution in [2.45, 2.75) is 6.92 Å². The third-order valence-electron chi connectivity index (χ3n) is 3.43. The molecule has 0 aliphatic carbocycles. The van der Waals surface area contributed by atoms with Crippen molar-refractivity contribution in [3.05, 3.63) is 64.0 Å². The fourth-order valence-corrected chi connectivity index (χ4v) is 2.23. The standard InChI is InChI=1S/C15H12N4O3/c1-9-11(3-2-4-14(9)19(21)22)18-15(20)10-5-6-12-13(7-10)17-8-16-12/h2-8H,1H3,(H,16,17)(H,18,20). The molecule has 0 atom stereocenters. The quantitative estimate of drug-likeness (QED) is 0.573. The van der Waals surface area contributed by atoms with Gasteiger partial charge in [-0.15, -0.1) is 0 Å². The van der Waals surface area contributed by atoms with Gasteiger partial charge in [-0.25, -0.2) is 4.98 Å². The number of hydrogen-bond donors (Lipinski definition) is 2. The summed E-state index contributed by atoms with van der Waals surface area (Å²) >= 11 is 0. The maximum atomic E-state index is 12.3. The fraction of sp³-hybridized carbons (Fsp3) is 0.0667. The Bertz CT molecular complexity index is 885. The molecule has 0 spiro atoms. The molecule has 0 saturated carbocycles. The van der Waals surface area contributed by atoms with Gasteiger partial charge >= 0.3 is 0 Å². The second kappa shape index (κ2) is 5.28. The average Bonchev–Trinajstić information content (AvgIpc) is 2.96. The first kappa shape index (κ1) is 13.7. The Morgan fingerprint density at radius 1 is 1.32 bits per heavy atom. The first-order chi connectivity index (χ1) is 10.6. The number of nitro benzene ring substituents is 1. The molecule has 7 nitrogen and oxygen atoms in total. The molecule has 0 radical (unpaired) electrons. The SMILES string of the molecule is Cc1c(NC(=O)c2ccc3nc[nH]c3c2)cccc1[N+](=O)[O-]. The number of fused-ring (bicyclic) bond motifs is 1. The molecule has 3 aromatic rings. The number of imidazole rings is 1. The number of aromatic amines is 1. The van der Waals surface area contributed by atoms with Crippen LogP contribution in [-0.2, 0) is 0 Å². The molecule has 0 saturated heterocycles. The third kappa shape index (κ3) is 2.39. The Kier molecular flexibility index (Phi) is 3.30. The lowest BCUT2D eigenvalue weighted by Crippen LogP contribution is -2.13. The Morgan fingerprint density at radius 2 is 2.14 bits per heavy atom. The number of carbonyl (C=O) groups excluding carboxylic acids is 1. The zero-order chi connectivity index (χ0) is 15.7. The zero-order valence-electron chi connectivity index (χ0n) is 11.7. The molecule has 0 unspecified atom stereocenters. The van der Waals surface area contributed by atoms with Crippen LogP contribution < -0.4 is 5.32 Å². The summed E-state index contributed by atoms with van der Waals surface area (Å²) in [7, 11) is 0. The highest BCUT2D eigenvalue weighted by atomic mass is 16.6. The van der Waals surface area contributed by atoms with Gasteiger partial charge in [0.25, 0.3) is 11.6 Å². The number of H-pyrrole nitrogens is 1. The van der Waals surface area contributed by atoms with E-state index in [1.165, 1.54) is 6.07 Å². The minimum Gasteiger partial charge on any atom is -0.345 e. The van der Waals surface area contributed by atoms with Gasteiger partial charge in [0.1, 0.15) is 0 Å². The molecule has 110 valence electrons. The third-order valence-corrected chi connectivity index (χ3v) is 3.43. The van der Waals surface area contributed by atoms with E-state index in [1.54, 1.807) is 43.6 Å². The molecule has 22 heavy (non-hydrogen) atoms. The molecule has 1 aromatic heterocycles. The van der Waals surface area contributed by atoms with E-state index in [4.69, 9.17) is 0 Å². The molecule has 0 bridgehead atoms. The van der Waals surface area contributed by atoms with Crippen molar-refractivity contribution in [3.8, 4) is 0 Å². The largest absolute Gasteiger partial charge is 0.345 e. The monoisotopic (exact) mass is 296 g/mol. The van der Waals surface area contributed by atoms with Gasteiger partial charge in [0, 0.05) is 11.6 Å². The number of nitrogens with zero attached hydrogens (tertiary/aromatic N) is 2. The lowest BCUT2D eigenvalue weighted by atomic mass is 10.1.